The van der Waals surface area contributed by atoms with Gasteiger partial charge in [-0.15, -0.1) is 0 Å². The van der Waals surface area contributed by atoms with Crippen LogP contribution in [-0.4, -0.2) is 84.0 Å². The molecule has 2 aliphatic heterocycles. The Bertz CT molecular complexity index is 1320. The van der Waals surface area contributed by atoms with Crippen LogP contribution < -0.4 is 22.3 Å². The summed E-state index contributed by atoms with van der Waals surface area (Å²) in [5, 5.41) is 14.3. The number of aromatic nitrogens is 4. The summed E-state index contributed by atoms with van der Waals surface area (Å²) < 4.78 is 10.3. The summed E-state index contributed by atoms with van der Waals surface area (Å²) in [5.74, 6) is -0.163. The van der Waals surface area contributed by atoms with Gasteiger partial charge in [-0.2, -0.15) is 0 Å². The minimum Gasteiger partial charge on any atom is -0.388 e. The van der Waals surface area contributed by atoms with Crippen LogP contribution in [0.1, 0.15) is 58.4 Å². The molecule has 0 bridgehead atoms. The zero-order valence-corrected chi connectivity index (χ0v) is 22.6. The van der Waals surface area contributed by atoms with Gasteiger partial charge in [-0.05, 0) is 39.0 Å². The summed E-state index contributed by atoms with van der Waals surface area (Å²) in [4.78, 5) is 55.1. The van der Waals surface area contributed by atoms with E-state index in [0.29, 0.717) is 45.3 Å². The highest BCUT2D eigenvalue weighted by Gasteiger charge is 2.50. The van der Waals surface area contributed by atoms with E-state index in [4.69, 9.17) is 10.5 Å². The molecule has 2 amide bonds. The molecule has 2 aromatic heterocycles. The summed E-state index contributed by atoms with van der Waals surface area (Å²) in [6, 6.07) is -1.16. The van der Waals surface area contributed by atoms with Gasteiger partial charge in [0.2, 0.25) is 11.8 Å². The number of nitrogens with two attached hydrogens (primary N) is 1. The topological polar surface area (TPSA) is 167 Å². The zero-order valence-electron chi connectivity index (χ0n) is 22.6. The highest BCUT2D eigenvalue weighted by molar-refractivity contribution is 5.81. The third kappa shape index (κ3) is 5.27. The number of carbonyl (C=O) groups excluding carboxylic acids is 2. The minimum atomic E-state index is -1.22. The maximum atomic E-state index is 12.9. The molecule has 1 spiro atoms. The predicted molar refractivity (Wildman–Crippen MR) is 139 cm³/mol. The first kappa shape index (κ1) is 28.0. The van der Waals surface area contributed by atoms with Crippen molar-refractivity contribution in [3.63, 3.8) is 0 Å². The van der Waals surface area contributed by atoms with Crippen molar-refractivity contribution in [2.45, 2.75) is 75.7 Å². The average molecular weight is 534 g/mol. The number of rotatable bonds is 7. The number of hydrogen-bond acceptors (Lipinski definition) is 8. The van der Waals surface area contributed by atoms with Crippen molar-refractivity contribution in [1.29, 1.82) is 0 Å². The van der Waals surface area contributed by atoms with E-state index >= 15 is 0 Å². The molecule has 210 valence electrons. The Morgan fingerprint density at radius 1 is 1.24 bits per heavy atom. The van der Waals surface area contributed by atoms with Crippen LogP contribution in [0.5, 0.6) is 0 Å². The Morgan fingerprint density at radius 3 is 2.55 bits per heavy atom. The van der Waals surface area contributed by atoms with Crippen molar-refractivity contribution >= 4 is 23.0 Å². The highest BCUT2D eigenvalue weighted by atomic mass is 16.5. The predicted octanol–water partition coefficient (Wildman–Crippen LogP) is -0.859. The Morgan fingerprint density at radius 2 is 1.92 bits per heavy atom. The molecule has 2 saturated heterocycles. The smallest absolute Gasteiger partial charge is 0.332 e. The van der Waals surface area contributed by atoms with E-state index < -0.39 is 34.5 Å². The fourth-order valence-electron chi connectivity index (χ4n) is 5.80. The van der Waals surface area contributed by atoms with Crippen LogP contribution >= 0.6 is 0 Å². The number of ether oxygens (including phenoxy) is 1. The minimum absolute atomic E-state index is 0.0718. The van der Waals surface area contributed by atoms with Gasteiger partial charge in [-0.3, -0.25) is 23.5 Å². The molecule has 13 heteroatoms. The number of aryl methyl sites for hydroxylation is 1. The van der Waals surface area contributed by atoms with E-state index in [1.54, 1.807) is 23.4 Å². The first-order valence-electron chi connectivity index (χ1n) is 13.1. The van der Waals surface area contributed by atoms with Gasteiger partial charge in [0.05, 0.1) is 36.2 Å². The number of imidazole rings is 1. The van der Waals surface area contributed by atoms with Crippen LogP contribution in [0.2, 0.25) is 0 Å². The van der Waals surface area contributed by atoms with Crippen molar-refractivity contribution < 1.29 is 19.4 Å². The van der Waals surface area contributed by atoms with E-state index in [0.717, 1.165) is 17.4 Å². The molecule has 4 rings (SSSR count). The van der Waals surface area contributed by atoms with E-state index in [-0.39, 0.29) is 29.6 Å². The summed E-state index contributed by atoms with van der Waals surface area (Å²) in [5.41, 5.74) is 3.90. The van der Waals surface area contributed by atoms with Crippen LogP contribution in [0.3, 0.4) is 0 Å². The number of aliphatic hydroxyl groups is 1. The molecule has 0 aliphatic carbocycles. The maximum absolute atomic E-state index is 12.9. The van der Waals surface area contributed by atoms with Crippen LogP contribution in [0.15, 0.2) is 15.9 Å². The van der Waals surface area contributed by atoms with Gasteiger partial charge < -0.3 is 30.4 Å². The number of amides is 2. The fourth-order valence-corrected chi connectivity index (χ4v) is 5.80. The fraction of sp³-hybridized carbons (Fsp3) is 0.720. The molecule has 13 nitrogen and oxygen atoms in total. The van der Waals surface area contributed by atoms with E-state index in [9.17, 15) is 24.3 Å². The molecule has 0 aromatic carbocycles. The molecular formula is C25H39N7O6. The lowest BCUT2D eigenvalue weighted by Gasteiger charge is -2.51. The normalized spacial score (nSPS) is 24.1. The first-order chi connectivity index (χ1) is 17.9. The number of unbranched alkanes of at least 4 members (excludes halogenated alkanes) is 1. The molecule has 38 heavy (non-hydrogen) atoms. The van der Waals surface area contributed by atoms with Crippen LogP contribution in [-0.2, 0) is 28.4 Å². The summed E-state index contributed by atoms with van der Waals surface area (Å²) >= 11 is 0. The van der Waals surface area contributed by atoms with Crippen molar-refractivity contribution in [2.75, 3.05) is 26.2 Å². The molecule has 2 aromatic rings. The van der Waals surface area contributed by atoms with Gasteiger partial charge >= 0.3 is 5.69 Å². The molecule has 0 unspecified atom stereocenters. The standard InChI is InChI=1S/C25H39N7O6/c1-16(33)27-10-6-5-7-17(26)21(34)31-11-8-25(9-12-31)14-24(2,37)18(13-38-25)32-15-28-20-19(32)22(35)30(4)23(36)29(20)3/h15,17-18,37H,5-14,26H2,1-4H3,(H,27,33)/t17-,18+,24+/m0/s1. The number of piperidine rings is 1. The van der Waals surface area contributed by atoms with Crippen molar-refractivity contribution in [2.24, 2.45) is 19.8 Å². The molecule has 0 radical (unpaired) electrons. The van der Waals surface area contributed by atoms with E-state index in [2.05, 4.69) is 10.3 Å². The number of nitrogens with zero attached hydrogens (tertiary/aromatic N) is 5. The molecule has 4 heterocycles. The van der Waals surface area contributed by atoms with Gasteiger partial charge in [-0.25, -0.2) is 9.78 Å². The third-order valence-corrected chi connectivity index (χ3v) is 8.07. The van der Waals surface area contributed by atoms with Gasteiger partial charge in [0, 0.05) is 47.1 Å². The third-order valence-electron chi connectivity index (χ3n) is 8.07. The lowest BCUT2D eigenvalue weighted by Crippen LogP contribution is -2.59. The Hall–Kier alpha value is -3.03. The average Bonchev–Trinajstić information content (AvgIpc) is 3.30. The molecule has 2 fully saturated rings. The lowest BCUT2D eigenvalue weighted by atomic mass is 9.75. The number of fused-ring (bicyclic) bond motifs is 1. The Kier molecular flexibility index (Phi) is 7.82. The van der Waals surface area contributed by atoms with Crippen LogP contribution in [0.25, 0.3) is 11.2 Å². The van der Waals surface area contributed by atoms with Crippen molar-refractivity contribution in [3.05, 3.63) is 27.2 Å². The Labute approximate surface area is 220 Å². The van der Waals surface area contributed by atoms with Gasteiger partial charge in [0.25, 0.3) is 5.56 Å². The second-order valence-electron chi connectivity index (χ2n) is 11.0. The monoisotopic (exact) mass is 533 g/mol. The Balaban J connectivity index is 1.39. The molecule has 4 N–H and O–H groups in total. The molecular weight excluding hydrogens is 494 g/mol. The van der Waals surface area contributed by atoms with Crippen LogP contribution in [0, 0.1) is 0 Å². The number of nitrogens with one attached hydrogen (secondary N) is 1. The molecule has 0 saturated carbocycles. The second-order valence-corrected chi connectivity index (χ2v) is 11.0. The summed E-state index contributed by atoms with van der Waals surface area (Å²) in [6.07, 6.45) is 5.01. The summed E-state index contributed by atoms with van der Waals surface area (Å²) in [7, 11) is 2.97. The lowest BCUT2D eigenvalue weighted by molar-refractivity contribution is -0.197. The molecule has 3 atom stereocenters. The zero-order chi connectivity index (χ0) is 27.8. The van der Waals surface area contributed by atoms with Crippen molar-refractivity contribution in [1.82, 2.24) is 28.9 Å². The SMILES string of the molecule is CC(=O)NCCCC[C@H](N)C(=O)N1CCC2(CC1)C[C@@](C)(O)[C@H](n1cnc3c1c(=O)n(C)c(=O)n3C)CO2. The van der Waals surface area contributed by atoms with Crippen molar-refractivity contribution in [3.8, 4) is 0 Å². The first-order valence-corrected chi connectivity index (χ1v) is 13.1. The van der Waals surface area contributed by atoms with Gasteiger partial charge in [0.1, 0.15) is 0 Å². The van der Waals surface area contributed by atoms with E-state index in [1.807, 2.05) is 0 Å². The summed E-state index contributed by atoms with van der Waals surface area (Å²) in [6.45, 7) is 4.90. The van der Waals surface area contributed by atoms with E-state index in [1.165, 1.54) is 24.9 Å². The highest BCUT2D eigenvalue weighted by Crippen LogP contribution is 2.44. The molecule has 2 aliphatic rings. The quantitative estimate of drug-likeness (QED) is 0.387. The van der Waals surface area contributed by atoms with Gasteiger partial charge in [0.15, 0.2) is 11.2 Å². The second kappa shape index (κ2) is 10.6. The number of hydrogen-bond donors (Lipinski definition) is 3. The number of likely N-dealkylation sites (tertiary alicyclic amines) is 1. The van der Waals surface area contributed by atoms with Crippen LogP contribution in [0.4, 0.5) is 0 Å². The van der Waals surface area contributed by atoms with Gasteiger partial charge in [-0.1, -0.05) is 0 Å². The maximum Gasteiger partial charge on any atom is 0.332 e. The number of carbonyl (C=O) groups is 2. The largest absolute Gasteiger partial charge is 0.388 e.